The second-order valence-corrected chi connectivity index (χ2v) is 7.63. The normalized spacial score (nSPS) is 21.8. The van der Waals surface area contributed by atoms with E-state index in [1.54, 1.807) is 0 Å². The summed E-state index contributed by atoms with van der Waals surface area (Å²) >= 11 is 1.92. The molecule has 20 heavy (non-hydrogen) atoms. The van der Waals surface area contributed by atoms with Crippen LogP contribution in [0.25, 0.3) is 0 Å². The van der Waals surface area contributed by atoms with E-state index in [2.05, 4.69) is 18.7 Å². The van der Waals surface area contributed by atoms with E-state index in [1.807, 2.05) is 23.6 Å². The van der Waals surface area contributed by atoms with Crippen LogP contribution < -0.4 is 0 Å². The van der Waals surface area contributed by atoms with Crippen molar-refractivity contribution in [3.8, 4) is 0 Å². The first-order valence-corrected chi connectivity index (χ1v) is 8.69. The van der Waals surface area contributed by atoms with Crippen molar-refractivity contribution in [3.63, 3.8) is 0 Å². The smallest absolute Gasteiger partial charge is 0.223 e. The van der Waals surface area contributed by atoms with E-state index in [4.69, 9.17) is 0 Å². The lowest BCUT2D eigenvalue weighted by molar-refractivity contribution is -0.137. The van der Waals surface area contributed by atoms with Crippen LogP contribution in [0.5, 0.6) is 0 Å². The summed E-state index contributed by atoms with van der Waals surface area (Å²) in [7, 11) is 0. The fraction of sp³-hybridized carbons (Fsp3) is 0.867. The first-order chi connectivity index (χ1) is 9.48. The zero-order chi connectivity index (χ0) is 14.8. The number of likely N-dealkylation sites (tertiary alicyclic amines) is 1. The van der Waals surface area contributed by atoms with Gasteiger partial charge in [-0.3, -0.25) is 9.59 Å². The van der Waals surface area contributed by atoms with E-state index >= 15 is 0 Å². The molecule has 1 spiro atoms. The predicted molar refractivity (Wildman–Crippen MR) is 82.5 cm³/mol. The van der Waals surface area contributed by atoms with Gasteiger partial charge < -0.3 is 9.80 Å². The van der Waals surface area contributed by atoms with E-state index in [1.165, 1.54) is 0 Å². The third kappa shape index (κ3) is 3.13. The van der Waals surface area contributed by atoms with Crippen LogP contribution in [0.3, 0.4) is 0 Å². The third-order valence-electron chi connectivity index (χ3n) is 4.26. The Labute approximate surface area is 126 Å². The molecule has 2 saturated heterocycles. The number of piperidine rings is 1. The molecule has 0 bridgehead atoms. The van der Waals surface area contributed by atoms with Gasteiger partial charge in [0, 0.05) is 38.2 Å². The maximum Gasteiger partial charge on any atom is 0.223 e. The van der Waals surface area contributed by atoms with Gasteiger partial charge in [0.25, 0.3) is 0 Å². The van der Waals surface area contributed by atoms with Gasteiger partial charge in [-0.2, -0.15) is 0 Å². The second kappa shape index (κ2) is 6.37. The zero-order valence-electron chi connectivity index (χ0n) is 12.9. The van der Waals surface area contributed by atoms with Crippen molar-refractivity contribution in [3.05, 3.63) is 0 Å². The van der Waals surface area contributed by atoms with Crippen molar-refractivity contribution in [2.24, 2.45) is 5.92 Å². The highest BCUT2D eigenvalue weighted by Crippen LogP contribution is 2.44. The molecule has 0 saturated carbocycles. The molecular formula is C15H26N2O2S. The Morgan fingerprint density at radius 1 is 1.15 bits per heavy atom. The van der Waals surface area contributed by atoms with Gasteiger partial charge in [-0.1, -0.05) is 20.8 Å². The number of rotatable bonds is 3. The van der Waals surface area contributed by atoms with Crippen LogP contribution in [0.2, 0.25) is 0 Å². The maximum atomic E-state index is 12.4. The molecule has 2 aliphatic rings. The number of carbonyl (C=O) groups is 2. The van der Waals surface area contributed by atoms with Crippen LogP contribution >= 0.6 is 11.8 Å². The molecule has 2 rings (SSSR count). The van der Waals surface area contributed by atoms with Crippen LogP contribution in [0, 0.1) is 5.92 Å². The Bertz CT molecular complexity index is 376. The van der Waals surface area contributed by atoms with Crippen molar-refractivity contribution in [1.29, 1.82) is 0 Å². The van der Waals surface area contributed by atoms with Gasteiger partial charge in [-0.15, -0.1) is 11.8 Å². The maximum absolute atomic E-state index is 12.4. The third-order valence-corrected chi connectivity index (χ3v) is 5.81. The lowest BCUT2D eigenvalue weighted by atomic mass is 10.00. The number of hydrogen-bond acceptors (Lipinski definition) is 3. The fourth-order valence-electron chi connectivity index (χ4n) is 3.16. The van der Waals surface area contributed by atoms with Crippen molar-refractivity contribution in [1.82, 2.24) is 9.80 Å². The summed E-state index contributed by atoms with van der Waals surface area (Å²) in [6.45, 7) is 8.57. The number of thioether (sulfide) groups is 1. The van der Waals surface area contributed by atoms with E-state index in [0.717, 1.165) is 38.2 Å². The number of amides is 2. The molecule has 0 radical (unpaired) electrons. The largest absolute Gasteiger partial charge is 0.342 e. The van der Waals surface area contributed by atoms with Gasteiger partial charge in [0.2, 0.25) is 11.8 Å². The predicted octanol–water partition coefficient (Wildman–Crippen LogP) is 2.34. The Balaban J connectivity index is 2.00. The average Bonchev–Trinajstić information content (AvgIpc) is 2.81. The average molecular weight is 298 g/mol. The SMILES string of the molecule is CCC(=O)N1CCC2(CC1)SCCN2C(=O)CC(C)C. The molecule has 2 fully saturated rings. The highest BCUT2D eigenvalue weighted by atomic mass is 32.2. The molecule has 0 aromatic carbocycles. The topological polar surface area (TPSA) is 40.6 Å². The second-order valence-electron chi connectivity index (χ2n) is 6.17. The standard InChI is InChI=1S/C15H26N2O2S/c1-4-13(18)16-7-5-15(6-8-16)17(9-10-20-15)14(19)11-12(2)3/h12H,4-11H2,1-3H3. The first-order valence-electron chi connectivity index (χ1n) is 7.70. The summed E-state index contributed by atoms with van der Waals surface area (Å²) in [5.41, 5.74) is 0. The molecule has 0 atom stereocenters. The van der Waals surface area contributed by atoms with Gasteiger partial charge in [0.1, 0.15) is 0 Å². The molecule has 2 amide bonds. The van der Waals surface area contributed by atoms with Crippen molar-refractivity contribution in [2.45, 2.75) is 51.3 Å². The molecule has 0 aromatic heterocycles. The first kappa shape index (κ1) is 15.7. The number of carbonyl (C=O) groups excluding carboxylic acids is 2. The van der Waals surface area contributed by atoms with Crippen LogP contribution in [0.1, 0.15) is 46.5 Å². The molecular weight excluding hydrogens is 272 g/mol. The van der Waals surface area contributed by atoms with Crippen LogP contribution in [0.4, 0.5) is 0 Å². The Morgan fingerprint density at radius 3 is 2.35 bits per heavy atom. The van der Waals surface area contributed by atoms with Gasteiger partial charge in [0.15, 0.2) is 0 Å². The highest BCUT2D eigenvalue weighted by Gasteiger charge is 2.46. The molecule has 2 heterocycles. The minimum absolute atomic E-state index is 0.0313. The molecule has 0 aromatic rings. The minimum atomic E-state index is -0.0313. The van der Waals surface area contributed by atoms with Gasteiger partial charge in [-0.25, -0.2) is 0 Å². The molecule has 0 unspecified atom stereocenters. The Hall–Kier alpha value is -0.710. The van der Waals surface area contributed by atoms with E-state index in [0.29, 0.717) is 24.7 Å². The fourth-order valence-corrected chi connectivity index (χ4v) is 4.64. The summed E-state index contributed by atoms with van der Waals surface area (Å²) in [5, 5.41) is 0. The molecule has 4 nitrogen and oxygen atoms in total. The van der Waals surface area contributed by atoms with Crippen molar-refractivity contribution in [2.75, 3.05) is 25.4 Å². The number of hydrogen-bond donors (Lipinski definition) is 0. The van der Waals surface area contributed by atoms with Crippen molar-refractivity contribution >= 4 is 23.6 Å². The summed E-state index contributed by atoms with van der Waals surface area (Å²) in [4.78, 5) is 28.2. The van der Waals surface area contributed by atoms with Gasteiger partial charge in [0.05, 0.1) is 4.87 Å². The molecule has 114 valence electrons. The molecule has 0 aliphatic carbocycles. The summed E-state index contributed by atoms with van der Waals surface area (Å²) in [6.07, 6.45) is 3.07. The Morgan fingerprint density at radius 2 is 1.80 bits per heavy atom. The summed E-state index contributed by atoms with van der Waals surface area (Å²) in [5.74, 6) is 1.97. The van der Waals surface area contributed by atoms with Crippen LogP contribution in [-0.4, -0.2) is 51.9 Å². The number of nitrogens with zero attached hydrogens (tertiary/aromatic N) is 2. The zero-order valence-corrected chi connectivity index (χ0v) is 13.7. The molecule has 5 heteroatoms. The molecule has 0 N–H and O–H groups in total. The van der Waals surface area contributed by atoms with Gasteiger partial charge in [-0.05, 0) is 18.8 Å². The summed E-state index contributed by atoms with van der Waals surface area (Å²) in [6, 6.07) is 0. The quantitative estimate of drug-likeness (QED) is 0.803. The van der Waals surface area contributed by atoms with Crippen LogP contribution in [-0.2, 0) is 9.59 Å². The van der Waals surface area contributed by atoms with E-state index < -0.39 is 0 Å². The lowest BCUT2D eigenvalue weighted by Gasteiger charge is -2.44. The van der Waals surface area contributed by atoms with Gasteiger partial charge >= 0.3 is 0 Å². The monoisotopic (exact) mass is 298 g/mol. The highest BCUT2D eigenvalue weighted by molar-refractivity contribution is 8.00. The van der Waals surface area contributed by atoms with E-state index in [9.17, 15) is 9.59 Å². The Kier molecular flexibility index (Phi) is 4.99. The molecule has 2 aliphatic heterocycles. The lowest BCUT2D eigenvalue weighted by Crippen LogP contribution is -2.53. The van der Waals surface area contributed by atoms with Crippen LogP contribution in [0.15, 0.2) is 0 Å². The minimum Gasteiger partial charge on any atom is -0.342 e. The van der Waals surface area contributed by atoms with E-state index in [-0.39, 0.29) is 10.8 Å². The summed E-state index contributed by atoms with van der Waals surface area (Å²) < 4.78 is 0. The van der Waals surface area contributed by atoms with Crippen molar-refractivity contribution < 1.29 is 9.59 Å².